The summed E-state index contributed by atoms with van der Waals surface area (Å²) < 4.78 is 13.5. The van der Waals surface area contributed by atoms with E-state index in [9.17, 15) is 0 Å². The summed E-state index contributed by atoms with van der Waals surface area (Å²) in [5.41, 5.74) is 3.09. The number of aryl methyl sites for hydroxylation is 2. The summed E-state index contributed by atoms with van der Waals surface area (Å²) in [4.78, 5) is 4.59. The number of benzene rings is 1. The number of fused-ring (bicyclic) bond motifs is 1. The minimum absolute atomic E-state index is 0.690. The lowest BCUT2D eigenvalue weighted by atomic mass is 10.3. The minimum atomic E-state index is 0.690. The normalized spacial score (nSPS) is 10.9. The summed E-state index contributed by atoms with van der Waals surface area (Å²) in [6, 6.07) is 3.84. The van der Waals surface area contributed by atoms with Gasteiger partial charge in [0.2, 0.25) is 0 Å². The van der Waals surface area contributed by atoms with Gasteiger partial charge in [0, 0.05) is 37.5 Å². The third-order valence-electron chi connectivity index (χ3n) is 3.44. The number of rotatable bonds is 5. The molecule has 0 aliphatic carbocycles. The molecule has 0 radical (unpaired) electrons. The van der Waals surface area contributed by atoms with Crippen molar-refractivity contribution >= 4 is 26.7 Å². The summed E-state index contributed by atoms with van der Waals surface area (Å²) in [6.07, 6.45) is 2.02. The van der Waals surface area contributed by atoms with Gasteiger partial charge in [0.1, 0.15) is 0 Å². The van der Waals surface area contributed by atoms with E-state index < -0.39 is 0 Å². The van der Waals surface area contributed by atoms with Crippen LogP contribution in [-0.2, 0) is 13.6 Å². The van der Waals surface area contributed by atoms with Gasteiger partial charge in [-0.05, 0) is 6.92 Å². The Morgan fingerprint density at radius 1 is 1.23 bits per heavy atom. The molecule has 0 saturated carbocycles. The van der Waals surface area contributed by atoms with Crippen molar-refractivity contribution in [3.63, 3.8) is 0 Å². The summed E-state index contributed by atoms with van der Waals surface area (Å²) in [6.45, 7) is 2.71. The molecule has 0 bridgehead atoms. The van der Waals surface area contributed by atoms with Gasteiger partial charge in [-0.25, -0.2) is 4.98 Å². The maximum atomic E-state index is 5.32. The first-order valence-corrected chi connectivity index (χ1v) is 7.68. The van der Waals surface area contributed by atoms with Crippen molar-refractivity contribution in [1.82, 2.24) is 14.8 Å². The van der Waals surface area contributed by atoms with Crippen molar-refractivity contribution in [3.05, 3.63) is 29.6 Å². The predicted molar refractivity (Wildman–Crippen MR) is 88.0 cm³/mol. The van der Waals surface area contributed by atoms with Crippen molar-refractivity contribution in [2.45, 2.75) is 13.5 Å². The zero-order chi connectivity index (χ0) is 15.7. The third kappa shape index (κ3) is 2.71. The van der Waals surface area contributed by atoms with E-state index in [1.165, 1.54) is 0 Å². The van der Waals surface area contributed by atoms with Gasteiger partial charge in [0.15, 0.2) is 16.6 Å². The Kier molecular flexibility index (Phi) is 3.89. The van der Waals surface area contributed by atoms with Crippen molar-refractivity contribution in [1.29, 1.82) is 0 Å². The number of nitrogens with zero attached hydrogens (tertiary/aromatic N) is 3. The molecule has 0 saturated heterocycles. The minimum Gasteiger partial charge on any atom is -0.493 e. The second-order valence-electron chi connectivity index (χ2n) is 4.96. The van der Waals surface area contributed by atoms with E-state index in [0.717, 1.165) is 26.6 Å². The number of hydrogen-bond donors (Lipinski definition) is 1. The Morgan fingerprint density at radius 2 is 1.95 bits per heavy atom. The van der Waals surface area contributed by atoms with Gasteiger partial charge in [0.25, 0.3) is 0 Å². The largest absolute Gasteiger partial charge is 0.493 e. The van der Waals surface area contributed by atoms with Gasteiger partial charge in [-0.2, -0.15) is 5.10 Å². The van der Waals surface area contributed by atoms with Gasteiger partial charge < -0.3 is 14.8 Å². The van der Waals surface area contributed by atoms with Crippen LogP contribution < -0.4 is 14.8 Å². The van der Waals surface area contributed by atoms with Crippen molar-refractivity contribution in [2.24, 2.45) is 7.05 Å². The highest BCUT2D eigenvalue weighted by molar-refractivity contribution is 7.22. The van der Waals surface area contributed by atoms with E-state index in [2.05, 4.69) is 15.4 Å². The quantitative estimate of drug-likeness (QED) is 0.783. The second-order valence-corrected chi connectivity index (χ2v) is 5.99. The molecule has 0 fully saturated rings. The van der Waals surface area contributed by atoms with Gasteiger partial charge in [-0.1, -0.05) is 11.3 Å². The maximum absolute atomic E-state index is 5.32. The van der Waals surface area contributed by atoms with Crippen LogP contribution in [0, 0.1) is 6.92 Å². The molecule has 116 valence electrons. The number of thiazole rings is 1. The first-order chi connectivity index (χ1) is 10.6. The summed E-state index contributed by atoms with van der Waals surface area (Å²) in [7, 11) is 5.18. The Hall–Kier alpha value is -2.28. The highest BCUT2D eigenvalue weighted by atomic mass is 32.1. The number of aromatic nitrogens is 3. The maximum Gasteiger partial charge on any atom is 0.184 e. The fraction of sp³-hybridized carbons (Fsp3) is 0.333. The van der Waals surface area contributed by atoms with Crippen LogP contribution in [0.3, 0.4) is 0 Å². The van der Waals surface area contributed by atoms with E-state index in [4.69, 9.17) is 9.47 Å². The van der Waals surface area contributed by atoms with Crippen molar-refractivity contribution < 1.29 is 9.47 Å². The highest BCUT2D eigenvalue weighted by Crippen LogP contribution is 2.36. The average molecular weight is 318 g/mol. The van der Waals surface area contributed by atoms with Crippen molar-refractivity contribution in [2.75, 3.05) is 19.5 Å². The van der Waals surface area contributed by atoms with Crippen LogP contribution in [0.1, 0.15) is 11.3 Å². The Labute approximate surface area is 132 Å². The fourth-order valence-electron chi connectivity index (χ4n) is 2.32. The summed E-state index contributed by atoms with van der Waals surface area (Å²) in [5.74, 6) is 1.41. The molecule has 2 aromatic heterocycles. The molecule has 0 unspecified atom stereocenters. The Bertz CT molecular complexity index is 768. The van der Waals surface area contributed by atoms with Gasteiger partial charge in [0.05, 0.1) is 30.1 Å². The number of ether oxygens (including phenoxy) is 2. The Balaban J connectivity index is 1.84. The van der Waals surface area contributed by atoms with Crippen LogP contribution in [0.2, 0.25) is 0 Å². The number of anilines is 1. The van der Waals surface area contributed by atoms with E-state index in [1.807, 2.05) is 37.0 Å². The molecular formula is C15H18N4O2S. The van der Waals surface area contributed by atoms with E-state index >= 15 is 0 Å². The van der Waals surface area contributed by atoms with Crippen LogP contribution in [0.25, 0.3) is 10.2 Å². The lowest BCUT2D eigenvalue weighted by Crippen LogP contribution is -1.99. The number of nitrogens with one attached hydrogen (secondary N) is 1. The molecule has 6 nitrogen and oxygen atoms in total. The molecule has 22 heavy (non-hydrogen) atoms. The molecule has 7 heteroatoms. The topological polar surface area (TPSA) is 61.2 Å². The van der Waals surface area contributed by atoms with Gasteiger partial charge in [-0.15, -0.1) is 0 Å². The third-order valence-corrected chi connectivity index (χ3v) is 4.41. The molecule has 0 amide bonds. The molecule has 0 aliphatic heterocycles. The Morgan fingerprint density at radius 3 is 2.59 bits per heavy atom. The van der Waals surface area contributed by atoms with Crippen LogP contribution in [0.5, 0.6) is 11.5 Å². The van der Waals surface area contributed by atoms with E-state index in [1.54, 1.807) is 25.6 Å². The molecule has 3 rings (SSSR count). The average Bonchev–Trinajstić information content (AvgIpc) is 3.05. The molecular weight excluding hydrogens is 300 g/mol. The lowest BCUT2D eigenvalue weighted by molar-refractivity contribution is 0.356. The molecule has 2 heterocycles. The van der Waals surface area contributed by atoms with Crippen molar-refractivity contribution in [3.8, 4) is 11.5 Å². The summed E-state index contributed by atoms with van der Waals surface area (Å²) in [5, 5.41) is 8.56. The van der Waals surface area contributed by atoms with Crippen LogP contribution in [0.4, 0.5) is 5.13 Å². The fourth-order valence-corrected chi connectivity index (χ4v) is 3.20. The zero-order valence-electron chi connectivity index (χ0n) is 13.0. The molecule has 3 aromatic rings. The smallest absolute Gasteiger partial charge is 0.184 e. The molecule has 0 spiro atoms. The highest BCUT2D eigenvalue weighted by Gasteiger charge is 2.11. The molecule has 0 aliphatic rings. The van der Waals surface area contributed by atoms with Gasteiger partial charge in [-0.3, -0.25) is 4.68 Å². The van der Waals surface area contributed by atoms with Crippen LogP contribution >= 0.6 is 11.3 Å². The van der Waals surface area contributed by atoms with Crippen LogP contribution in [-0.4, -0.2) is 29.0 Å². The van der Waals surface area contributed by atoms with E-state index in [-0.39, 0.29) is 0 Å². The first-order valence-electron chi connectivity index (χ1n) is 6.86. The number of methoxy groups -OCH3 is 2. The van der Waals surface area contributed by atoms with Gasteiger partial charge >= 0.3 is 0 Å². The van der Waals surface area contributed by atoms with E-state index in [0.29, 0.717) is 18.0 Å². The molecule has 1 aromatic carbocycles. The standard InChI is InChI=1S/C15H18N4O2S/c1-9-10(8-19(2)18-9)7-16-15-17-11-5-12(20-3)13(21-4)6-14(11)22-15/h5-6,8H,7H2,1-4H3,(H,16,17). The summed E-state index contributed by atoms with van der Waals surface area (Å²) >= 11 is 1.59. The monoisotopic (exact) mass is 318 g/mol. The first kappa shape index (κ1) is 14.6. The molecule has 0 atom stereocenters. The SMILES string of the molecule is COc1cc2nc(NCc3cn(C)nc3C)sc2cc1OC. The zero-order valence-corrected chi connectivity index (χ0v) is 13.8. The van der Waals surface area contributed by atoms with Crippen LogP contribution in [0.15, 0.2) is 18.3 Å². The lowest BCUT2D eigenvalue weighted by Gasteiger charge is -2.05. The molecule has 1 N–H and O–H groups in total. The number of hydrogen-bond acceptors (Lipinski definition) is 6. The predicted octanol–water partition coefficient (Wildman–Crippen LogP) is 2.97. The second kappa shape index (κ2) is 5.84.